The highest BCUT2D eigenvalue weighted by Crippen LogP contribution is 2.54. The van der Waals surface area contributed by atoms with Gasteiger partial charge in [-0.25, -0.2) is 0 Å². The van der Waals surface area contributed by atoms with E-state index in [1.807, 2.05) is 25.1 Å². The summed E-state index contributed by atoms with van der Waals surface area (Å²) in [6.07, 6.45) is 8.99. The number of H-pyrrole nitrogens is 1. The number of amides is 1. The van der Waals surface area contributed by atoms with E-state index in [0.29, 0.717) is 17.4 Å². The fraction of sp³-hybridized carbons (Fsp3) is 0.292. The molecule has 0 saturated heterocycles. The second-order valence-electron chi connectivity index (χ2n) is 7.95. The number of aromatic nitrogens is 1. The van der Waals surface area contributed by atoms with E-state index in [4.69, 9.17) is 11.6 Å². The highest BCUT2D eigenvalue weighted by molar-refractivity contribution is 6.33. The van der Waals surface area contributed by atoms with Crippen LogP contribution >= 0.6 is 11.6 Å². The molecule has 4 nitrogen and oxygen atoms in total. The van der Waals surface area contributed by atoms with Crippen molar-refractivity contribution in [1.82, 2.24) is 4.98 Å². The van der Waals surface area contributed by atoms with Crippen molar-refractivity contribution in [3.05, 3.63) is 70.9 Å². The van der Waals surface area contributed by atoms with Crippen LogP contribution < -0.4 is 10.6 Å². The first kappa shape index (κ1) is 18.3. The normalized spacial score (nSPS) is 22.2. The lowest BCUT2D eigenvalue weighted by molar-refractivity contribution is -0.116. The molecule has 0 spiro atoms. The lowest BCUT2D eigenvalue weighted by atomic mass is 9.76. The predicted molar refractivity (Wildman–Crippen MR) is 120 cm³/mol. The molecule has 5 rings (SSSR count). The zero-order valence-electron chi connectivity index (χ0n) is 16.3. The average molecular weight is 406 g/mol. The summed E-state index contributed by atoms with van der Waals surface area (Å²) in [6.45, 7) is 2.01. The Morgan fingerprint density at radius 3 is 2.97 bits per heavy atom. The molecule has 29 heavy (non-hydrogen) atoms. The number of fused-ring (bicyclic) bond motifs is 4. The Morgan fingerprint density at radius 1 is 1.24 bits per heavy atom. The highest BCUT2D eigenvalue weighted by Gasteiger charge is 2.41. The van der Waals surface area contributed by atoms with Gasteiger partial charge in [-0.2, -0.15) is 0 Å². The zero-order chi connectivity index (χ0) is 20.0. The van der Waals surface area contributed by atoms with Crippen molar-refractivity contribution in [2.75, 3.05) is 10.6 Å². The van der Waals surface area contributed by atoms with Crippen LogP contribution in [0.2, 0.25) is 5.02 Å². The van der Waals surface area contributed by atoms with E-state index in [9.17, 15) is 4.79 Å². The Kier molecular flexibility index (Phi) is 4.59. The Bertz CT molecular complexity index is 1120. The number of hydrogen-bond donors (Lipinski definition) is 3. The molecule has 1 aliphatic carbocycles. The van der Waals surface area contributed by atoms with Gasteiger partial charge in [0.2, 0.25) is 5.91 Å². The fourth-order valence-electron chi connectivity index (χ4n) is 4.88. The Balaban J connectivity index is 1.60. The second-order valence-corrected chi connectivity index (χ2v) is 8.35. The fourth-order valence-corrected chi connectivity index (χ4v) is 5.10. The third-order valence-corrected chi connectivity index (χ3v) is 6.49. The number of allylic oxidation sites excluding steroid dienone is 2. The Morgan fingerprint density at radius 2 is 2.10 bits per heavy atom. The molecule has 3 unspecified atom stereocenters. The van der Waals surface area contributed by atoms with Gasteiger partial charge in [0.05, 0.1) is 16.8 Å². The van der Waals surface area contributed by atoms with E-state index < -0.39 is 0 Å². The highest BCUT2D eigenvalue weighted by atomic mass is 35.5. The summed E-state index contributed by atoms with van der Waals surface area (Å²) in [5, 5.41) is 8.78. The molecule has 2 aliphatic rings. The molecule has 148 valence electrons. The van der Waals surface area contributed by atoms with Crippen LogP contribution in [-0.2, 0) is 4.79 Å². The van der Waals surface area contributed by atoms with Crippen LogP contribution in [0.1, 0.15) is 49.3 Å². The maximum Gasteiger partial charge on any atom is 0.224 e. The number of carbonyl (C=O) groups is 1. The third kappa shape index (κ3) is 3.03. The Labute approximate surface area is 175 Å². The summed E-state index contributed by atoms with van der Waals surface area (Å²) in [4.78, 5) is 15.7. The first-order valence-electron chi connectivity index (χ1n) is 10.3. The lowest BCUT2D eigenvalue weighted by Crippen LogP contribution is -2.30. The van der Waals surface area contributed by atoms with Crippen molar-refractivity contribution in [1.29, 1.82) is 0 Å². The average Bonchev–Trinajstić information content (AvgIpc) is 3.37. The number of hydrogen-bond acceptors (Lipinski definition) is 2. The van der Waals surface area contributed by atoms with E-state index >= 15 is 0 Å². The van der Waals surface area contributed by atoms with Gasteiger partial charge in [-0.05, 0) is 42.5 Å². The smallest absolute Gasteiger partial charge is 0.224 e. The second kappa shape index (κ2) is 7.27. The van der Waals surface area contributed by atoms with Gasteiger partial charge in [-0.3, -0.25) is 4.79 Å². The molecule has 0 fully saturated rings. The summed E-state index contributed by atoms with van der Waals surface area (Å²) in [5.41, 5.74) is 5.32. The van der Waals surface area contributed by atoms with Crippen LogP contribution in [0.15, 0.2) is 54.7 Å². The maximum atomic E-state index is 12.3. The number of halogens is 1. The molecule has 2 heterocycles. The molecule has 0 saturated carbocycles. The van der Waals surface area contributed by atoms with Crippen molar-refractivity contribution < 1.29 is 4.79 Å². The van der Waals surface area contributed by atoms with Crippen molar-refractivity contribution in [3.8, 4) is 0 Å². The van der Waals surface area contributed by atoms with Crippen molar-refractivity contribution in [2.24, 2.45) is 5.92 Å². The third-order valence-electron chi connectivity index (χ3n) is 6.18. The van der Waals surface area contributed by atoms with E-state index in [2.05, 4.69) is 52.2 Å². The molecule has 1 aliphatic heterocycles. The van der Waals surface area contributed by atoms with Gasteiger partial charge in [0, 0.05) is 40.7 Å². The predicted octanol–water partition coefficient (Wildman–Crippen LogP) is 6.39. The maximum absolute atomic E-state index is 12.3. The molecule has 3 N–H and O–H groups in total. The van der Waals surface area contributed by atoms with Gasteiger partial charge >= 0.3 is 0 Å². The Hall–Kier alpha value is -2.72. The van der Waals surface area contributed by atoms with Crippen LogP contribution in [0.4, 0.5) is 11.4 Å². The molecular weight excluding hydrogens is 382 g/mol. The van der Waals surface area contributed by atoms with E-state index in [1.54, 1.807) is 0 Å². The quantitative estimate of drug-likeness (QED) is 0.440. The first-order valence-corrected chi connectivity index (χ1v) is 10.7. The topological polar surface area (TPSA) is 56.9 Å². The van der Waals surface area contributed by atoms with Gasteiger partial charge in [-0.1, -0.05) is 48.9 Å². The molecule has 1 aromatic heterocycles. The van der Waals surface area contributed by atoms with Gasteiger partial charge in [0.15, 0.2) is 0 Å². The molecule has 3 aromatic rings. The minimum absolute atomic E-state index is 0.0503. The van der Waals surface area contributed by atoms with Crippen LogP contribution in [0.5, 0.6) is 0 Å². The van der Waals surface area contributed by atoms with Gasteiger partial charge < -0.3 is 15.6 Å². The number of anilines is 2. The molecule has 0 radical (unpaired) electrons. The first-order chi connectivity index (χ1) is 14.2. The number of carbonyl (C=O) groups excluding carboxylic acids is 1. The molecule has 3 atom stereocenters. The minimum atomic E-state index is 0.0503. The molecule has 1 amide bonds. The molecular formula is C24H24ClN3O. The number of benzene rings is 2. The van der Waals surface area contributed by atoms with Gasteiger partial charge in [0.1, 0.15) is 0 Å². The number of nitrogens with one attached hydrogen (secondary N) is 3. The van der Waals surface area contributed by atoms with Crippen LogP contribution in [-0.4, -0.2) is 10.9 Å². The van der Waals surface area contributed by atoms with Crippen molar-refractivity contribution in [3.63, 3.8) is 0 Å². The van der Waals surface area contributed by atoms with E-state index in [0.717, 1.165) is 35.3 Å². The lowest BCUT2D eigenvalue weighted by Gasteiger charge is -2.38. The van der Waals surface area contributed by atoms with Crippen molar-refractivity contribution >= 4 is 39.8 Å². The summed E-state index contributed by atoms with van der Waals surface area (Å²) < 4.78 is 0. The van der Waals surface area contributed by atoms with E-state index in [1.165, 1.54) is 10.9 Å². The zero-order valence-corrected chi connectivity index (χ0v) is 17.1. The minimum Gasteiger partial charge on any atom is -0.376 e. The van der Waals surface area contributed by atoms with Gasteiger partial charge in [-0.15, -0.1) is 0 Å². The summed E-state index contributed by atoms with van der Waals surface area (Å²) in [6, 6.07) is 12.4. The van der Waals surface area contributed by atoms with E-state index in [-0.39, 0.29) is 17.9 Å². The summed E-state index contributed by atoms with van der Waals surface area (Å²) in [7, 11) is 0. The van der Waals surface area contributed by atoms with Crippen LogP contribution in [0.25, 0.3) is 10.9 Å². The molecule has 2 aromatic carbocycles. The largest absolute Gasteiger partial charge is 0.376 e. The standard InChI is InChI=1S/C24H24ClN3O/c1-2-6-21(29)27-20-12-11-18(25)24-22(20)15-8-5-9-16(15)23(28-24)17-13-26-19-10-4-3-7-14(17)19/h3-5,7-8,10-13,15-16,23,26,28H,2,6,9H2,1H3,(H,27,29). The van der Waals surface area contributed by atoms with Crippen LogP contribution in [0, 0.1) is 5.92 Å². The summed E-state index contributed by atoms with van der Waals surface area (Å²) >= 11 is 6.64. The molecule has 5 heteroatoms. The monoisotopic (exact) mass is 405 g/mol. The number of rotatable bonds is 4. The van der Waals surface area contributed by atoms with Crippen LogP contribution in [0.3, 0.4) is 0 Å². The number of para-hydroxylation sites is 1. The SMILES string of the molecule is CCCC(=O)Nc1ccc(Cl)c2c1C1C=CCC1C(c1c[nH]c3ccccc13)N2. The summed E-state index contributed by atoms with van der Waals surface area (Å²) in [5.74, 6) is 0.650. The van der Waals surface area contributed by atoms with Crippen molar-refractivity contribution in [2.45, 2.75) is 38.1 Å². The van der Waals surface area contributed by atoms with Gasteiger partial charge in [0.25, 0.3) is 0 Å². The number of aromatic amines is 1. The molecule has 0 bridgehead atoms.